The smallest absolute Gasteiger partial charge is 0.247 e. The molecule has 1 aliphatic rings. The van der Waals surface area contributed by atoms with Crippen LogP contribution in [0.1, 0.15) is 13.8 Å². The van der Waals surface area contributed by atoms with E-state index in [4.69, 9.17) is 9.47 Å². The molecule has 0 aliphatic carbocycles. The van der Waals surface area contributed by atoms with E-state index in [0.717, 1.165) is 22.0 Å². The van der Waals surface area contributed by atoms with Crippen LogP contribution in [0, 0.1) is 11.7 Å². The van der Waals surface area contributed by atoms with Gasteiger partial charge in [-0.15, -0.1) is 0 Å². The van der Waals surface area contributed by atoms with Gasteiger partial charge >= 0.3 is 0 Å². The number of rotatable bonds is 8. The average Bonchev–Trinajstić information content (AvgIpc) is 2.94. The molecule has 216 valence electrons. The van der Waals surface area contributed by atoms with E-state index < -0.39 is 50.5 Å². The second-order valence-corrected chi connectivity index (χ2v) is 13.7. The van der Waals surface area contributed by atoms with Gasteiger partial charge in [-0.2, -0.15) is 8.61 Å². The molecule has 3 aromatic carbocycles. The van der Waals surface area contributed by atoms with Crippen LogP contribution in [0.2, 0.25) is 0 Å². The first-order valence-corrected chi connectivity index (χ1v) is 15.6. The van der Waals surface area contributed by atoms with Crippen LogP contribution in [0.5, 0.6) is 11.5 Å². The predicted octanol–water partition coefficient (Wildman–Crippen LogP) is 3.59. The van der Waals surface area contributed by atoms with Gasteiger partial charge in [0.1, 0.15) is 28.3 Å². The van der Waals surface area contributed by atoms with E-state index in [-0.39, 0.29) is 28.6 Å². The number of benzene rings is 3. The first-order chi connectivity index (χ1) is 18.9. The zero-order valence-corrected chi connectivity index (χ0v) is 24.3. The van der Waals surface area contributed by atoms with E-state index in [1.54, 1.807) is 32.0 Å². The summed E-state index contributed by atoms with van der Waals surface area (Å²) in [4.78, 5) is -0.167. The lowest BCUT2D eigenvalue weighted by Gasteiger charge is -2.37. The lowest BCUT2D eigenvalue weighted by molar-refractivity contribution is 0.0905. The summed E-state index contributed by atoms with van der Waals surface area (Å²) in [6.07, 6.45) is -0.768. The third kappa shape index (κ3) is 5.86. The second kappa shape index (κ2) is 11.8. The van der Waals surface area contributed by atoms with Gasteiger partial charge in [0.2, 0.25) is 20.0 Å². The van der Waals surface area contributed by atoms with Crippen molar-refractivity contribution in [1.29, 1.82) is 0 Å². The summed E-state index contributed by atoms with van der Waals surface area (Å²) in [6.45, 7) is 2.86. The molecule has 0 radical (unpaired) electrons. The monoisotopic (exact) mass is 592 g/mol. The molecule has 40 heavy (non-hydrogen) atoms. The highest BCUT2D eigenvalue weighted by atomic mass is 32.2. The molecule has 0 aromatic heterocycles. The van der Waals surface area contributed by atoms with E-state index in [1.165, 1.54) is 36.7 Å². The van der Waals surface area contributed by atoms with Gasteiger partial charge in [0.25, 0.3) is 0 Å². The highest BCUT2D eigenvalue weighted by Gasteiger charge is 2.39. The molecular formula is C28H33FN2O7S2. The highest BCUT2D eigenvalue weighted by Crippen LogP contribution is 2.39. The van der Waals surface area contributed by atoms with Crippen LogP contribution in [0.4, 0.5) is 4.39 Å². The fourth-order valence-electron chi connectivity index (χ4n) is 4.63. The van der Waals surface area contributed by atoms with Gasteiger partial charge in [0.05, 0.1) is 25.2 Å². The lowest BCUT2D eigenvalue weighted by Crippen LogP contribution is -2.50. The van der Waals surface area contributed by atoms with Crippen LogP contribution in [0.25, 0.3) is 11.1 Å². The van der Waals surface area contributed by atoms with Crippen LogP contribution in [0.3, 0.4) is 0 Å². The molecule has 1 aliphatic heterocycles. The minimum Gasteiger partial charge on any atom is -0.496 e. The minimum atomic E-state index is -4.08. The van der Waals surface area contributed by atoms with E-state index in [2.05, 4.69) is 0 Å². The Morgan fingerprint density at radius 3 is 2.48 bits per heavy atom. The van der Waals surface area contributed by atoms with Gasteiger partial charge in [-0.1, -0.05) is 31.2 Å². The normalized spacial score (nSPS) is 20.2. The molecule has 3 aromatic rings. The summed E-state index contributed by atoms with van der Waals surface area (Å²) in [5.41, 5.74) is 1.37. The molecule has 0 unspecified atom stereocenters. The molecule has 12 heteroatoms. The molecule has 0 amide bonds. The van der Waals surface area contributed by atoms with Crippen LogP contribution in [0.15, 0.2) is 76.5 Å². The van der Waals surface area contributed by atoms with Crippen molar-refractivity contribution in [3.63, 3.8) is 0 Å². The number of aliphatic hydroxyl groups excluding tert-OH is 1. The Hall–Kier alpha value is -3.03. The number of halogens is 1. The van der Waals surface area contributed by atoms with Gasteiger partial charge in [-0.05, 0) is 55.0 Å². The second-order valence-electron chi connectivity index (χ2n) is 9.84. The molecule has 0 fully saturated rings. The van der Waals surface area contributed by atoms with Crippen molar-refractivity contribution in [1.82, 2.24) is 8.61 Å². The molecule has 0 saturated heterocycles. The van der Waals surface area contributed by atoms with Crippen molar-refractivity contribution in [2.75, 3.05) is 33.9 Å². The SMILES string of the molecule is COc1ccccc1-c1ccc2c(c1)O[C@@H](CN(C)S(=O)(=O)c1ccc(F)cc1)[C@H](C)CN([C@@H](C)CO)S2(=O)=O. The van der Waals surface area contributed by atoms with Gasteiger partial charge in [0, 0.05) is 31.1 Å². The number of ether oxygens (including phenoxy) is 2. The van der Waals surface area contributed by atoms with Crippen molar-refractivity contribution in [2.45, 2.75) is 35.8 Å². The van der Waals surface area contributed by atoms with Gasteiger partial charge in [0.15, 0.2) is 0 Å². The van der Waals surface area contributed by atoms with Crippen LogP contribution in [-0.2, 0) is 20.0 Å². The first-order valence-electron chi connectivity index (χ1n) is 12.7. The summed E-state index contributed by atoms with van der Waals surface area (Å²) in [5.74, 6) is -0.387. The lowest BCUT2D eigenvalue weighted by atomic mass is 10.0. The van der Waals surface area contributed by atoms with Crippen LogP contribution < -0.4 is 9.47 Å². The zero-order chi connectivity index (χ0) is 29.2. The minimum absolute atomic E-state index is 0.00708. The third-order valence-corrected chi connectivity index (χ3v) is 10.9. The molecule has 9 nitrogen and oxygen atoms in total. The standard InChI is InChI=1S/C28H33FN2O7S2/c1-19-16-31(20(2)18-32)40(35,36)28-14-9-21(24-7-5-6-8-25(24)37-4)15-26(28)38-27(19)17-30(3)39(33,34)23-12-10-22(29)11-13-23/h5-15,19-20,27,32H,16-18H2,1-4H3/t19-,20+,27+/m1/s1. The Kier molecular flexibility index (Phi) is 8.86. The first kappa shape index (κ1) is 29.9. The Bertz CT molecular complexity index is 1560. The zero-order valence-electron chi connectivity index (χ0n) is 22.7. The molecule has 0 spiro atoms. The number of nitrogens with zero attached hydrogens (tertiary/aromatic N) is 2. The Morgan fingerprint density at radius 2 is 1.82 bits per heavy atom. The number of likely N-dealkylation sites (N-methyl/N-ethyl adjacent to an activating group) is 1. The number of hydrogen-bond acceptors (Lipinski definition) is 7. The van der Waals surface area contributed by atoms with E-state index >= 15 is 0 Å². The van der Waals surface area contributed by atoms with Gasteiger partial charge in [-0.25, -0.2) is 21.2 Å². The van der Waals surface area contributed by atoms with Gasteiger partial charge in [-0.3, -0.25) is 0 Å². The van der Waals surface area contributed by atoms with E-state index in [9.17, 15) is 26.3 Å². The summed E-state index contributed by atoms with van der Waals surface area (Å²) in [7, 11) is -5.14. The summed E-state index contributed by atoms with van der Waals surface area (Å²) in [5, 5.41) is 9.86. The average molecular weight is 593 g/mol. The summed E-state index contributed by atoms with van der Waals surface area (Å²) < 4.78 is 81.6. The topological polar surface area (TPSA) is 113 Å². The largest absolute Gasteiger partial charge is 0.496 e. The van der Waals surface area contributed by atoms with Crippen molar-refractivity contribution in [3.8, 4) is 22.6 Å². The van der Waals surface area contributed by atoms with Gasteiger partial charge < -0.3 is 14.6 Å². The van der Waals surface area contributed by atoms with Crippen molar-refractivity contribution >= 4 is 20.0 Å². The number of aliphatic hydroxyl groups is 1. The number of methoxy groups -OCH3 is 1. The molecule has 4 rings (SSSR count). The van der Waals surface area contributed by atoms with E-state index in [1.807, 2.05) is 18.2 Å². The third-order valence-electron chi connectivity index (χ3n) is 7.04. The Balaban J connectivity index is 1.79. The number of hydrogen-bond donors (Lipinski definition) is 1. The fourth-order valence-corrected chi connectivity index (χ4v) is 7.64. The van der Waals surface area contributed by atoms with E-state index in [0.29, 0.717) is 11.3 Å². The maximum absolute atomic E-state index is 13.8. The maximum atomic E-state index is 13.8. The van der Waals surface area contributed by atoms with Crippen LogP contribution >= 0.6 is 0 Å². The highest BCUT2D eigenvalue weighted by molar-refractivity contribution is 7.89. The quantitative estimate of drug-likeness (QED) is 0.425. The predicted molar refractivity (Wildman–Crippen MR) is 149 cm³/mol. The van der Waals surface area contributed by atoms with Crippen molar-refractivity contribution in [3.05, 3.63) is 72.5 Å². The Morgan fingerprint density at radius 1 is 1.15 bits per heavy atom. The molecule has 0 bridgehead atoms. The van der Waals surface area contributed by atoms with Crippen LogP contribution in [-0.4, -0.2) is 76.6 Å². The molecular weight excluding hydrogens is 559 g/mol. The summed E-state index contributed by atoms with van der Waals surface area (Å²) in [6, 6.07) is 15.8. The molecule has 1 N–H and O–H groups in total. The fraction of sp³-hybridized carbons (Fsp3) is 0.357. The molecule has 0 saturated carbocycles. The van der Waals surface area contributed by atoms with Crippen molar-refractivity contribution in [2.24, 2.45) is 5.92 Å². The molecule has 1 heterocycles. The summed E-state index contributed by atoms with van der Waals surface area (Å²) >= 11 is 0. The molecule has 3 atom stereocenters. The number of fused-ring (bicyclic) bond motifs is 1. The number of para-hydroxylation sites is 1. The van der Waals surface area contributed by atoms with Crippen molar-refractivity contribution < 1.29 is 35.8 Å². The Labute approximate surface area is 234 Å². The maximum Gasteiger partial charge on any atom is 0.247 e. The number of sulfonamides is 2.